The first-order valence-corrected chi connectivity index (χ1v) is 6.28. The quantitative estimate of drug-likeness (QED) is 0.784. The van der Waals surface area contributed by atoms with E-state index in [1.54, 1.807) is 30.5 Å². The van der Waals surface area contributed by atoms with Crippen molar-refractivity contribution in [3.05, 3.63) is 51.6 Å². The topological polar surface area (TPSA) is 39.2 Å². The van der Waals surface area contributed by atoms with Gasteiger partial charge in [-0.1, -0.05) is 27.5 Å². The maximum atomic E-state index is 11.5. The Balaban J connectivity index is 2.48. The molecule has 0 saturated carbocycles. The fourth-order valence-corrected chi connectivity index (χ4v) is 2.12. The smallest absolute Gasteiger partial charge is 0.337 e. The van der Waals surface area contributed by atoms with E-state index < -0.39 is 0 Å². The summed E-state index contributed by atoms with van der Waals surface area (Å²) in [5, 5.41) is 0.571. The van der Waals surface area contributed by atoms with E-state index >= 15 is 0 Å². The number of rotatable bonds is 2. The maximum absolute atomic E-state index is 11.5. The molecule has 0 saturated heterocycles. The van der Waals surface area contributed by atoms with E-state index in [1.807, 2.05) is 6.07 Å². The van der Waals surface area contributed by atoms with Crippen LogP contribution >= 0.6 is 27.5 Å². The molecular weight excluding hydrogens is 318 g/mol. The molecule has 18 heavy (non-hydrogen) atoms. The molecule has 1 heterocycles. The van der Waals surface area contributed by atoms with Crippen molar-refractivity contribution in [2.75, 3.05) is 7.11 Å². The van der Waals surface area contributed by atoms with E-state index in [2.05, 4.69) is 20.9 Å². The van der Waals surface area contributed by atoms with Crippen molar-refractivity contribution in [2.45, 2.75) is 0 Å². The van der Waals surface area contributed by atoms with Gasteiger partial charge >= 0.3 is 5.97 Å². The average molecular weight is 327 g/mol. The number of hydrogen-bond donors (Lipinski definition) is 0. The third kappa shape index (κ3) is 2.89. The first-order valence-electron chi connectivity index (χ1n) is 5.11. The number of carbonyl (C=O) groups is 1. The van der Waals surface area contributed by atoms with Gasteiger partial charge < -0.3 is 4.74 Å². The molecule has 0 atom stereocenters. The zero-order valence-electron chi connectivity index (χ0n) is 9.48. The average Bonchev–Trinajstić information content (AvgIpc) is 2.38. The molecule has 0 spiro atoms. The van der Waals surface area contributed by atoms with E-state index in [1.165, 1.54) is 7.11 Å². The number of pyridine rings is 1. The molecule has 92 valence electrons. The number of aromatic nitrogens is 1. The molecule has 0 N–H and O–H groups in total. The first kappa shape index (κ1) is 13.1. The van der Waals surface area contributed by atoms with Crippen LogP contribution in [0.5, 0.6) is 0 Å². The van der Waals surface area contributed by atoms with Gasteiger partial charge in [0.05, 0.1) is 23.4 Å². The Bertz CT molecular complexity index is 584. The molecule has 0 aliphatic rings. The Morgan fingerprint density at radius 1 is 1.33 bits per heavy atom. The van der Waals surface area contributed by atoms with Crippen molar-refractivity contribution in [2.24, 2.45) is 0 Å². The van der Waals surface area contributed by atoms with Crippen molar-refractivity contribution in [3.63, 3.8) is 0 Å². The minimum Gasteiger partial charge on any atom is -0.465 e. The molecule has 2 aromatic rings. The Morgan fingerprint density at radius 3 is 2.72 bits per heavy atom. The SMILES string of the molecule is COC(=O)c1cc(Br)cc(-c2ccc(Cl)cn2)c1. The maximum Gasteiger partial charge on any atom is 0.337 e. The number of hydrogen-bond acceptors (Lipinski definition) is 3. The summed E-state index contributed by atoms with van der Waals surface area (Å²) in [4.78, 5) is 15.7. The van der Waals surface area contributed by atoms with Gasteiger partial charge in [0.1, 0.15) is 0 Å². The highest BCUT2D eigenvalue weighted by molar-refractivity contribution is 9.10. The molecule has 0 amide bonds. The Labute approximate surface area is 118 Å². The lowest BCUT2D eigenvalue weighted by molar-refractivity contribution is 0.0600. The lowest BCUT2D eigenvalue weighted by Gasteiger charge is -2.05. The summed E-state index contributed by atoms with van der Waals surface area (Å²) in [6.45, 7) is 0. The van der Waals surface area contributed by atoms with Crippen molar-refractivity contribution >= 4 is 33.5 Å². The van der Waals surface area contributed by atoms with Crippen LogP contribution in [0, 0.1) is 0 Å². The number of benzene rings is 1. The zero-order chi connectivity index (χ0) is 13.1. The van der Waals surface area contributed by atoms with Crippen LogP contribution in [0.4, 0.5) is 0 Å². The molecule has 0 fully saturated rings. The van der Waals surface area contributed by atoms with Gasteiger partial charge in [-0.3, -0.25) is 4.98 Å². The second-order valence-corrected chi connectivity index (χ2v) is 4.93. The van der Waals surface area contributed by atoms with Crippen LogP contribution in [0.1, 0.15) is 10.4 Å². The van der Waals surface area contributed by atoms with E-state index in [9.17, 15) is 4.79 Å². The molecule has 1 aromatic carbocycles. The summed E-state index contributed by atoms with van der Waals surface area (Å²) >= 11 is 9.15. The number of ether oxygens (including phenoxy) is 1. The van der Waals surface area contributed by atoms with Crippen LogP contribution in [0.3, 0.4) is 0 Å². The van der Waals surface area contributed by atoms with Crippen LogP contribution in [0.15, 0.2) is 41.0 Å². The number of carbonyl (C=O) groups excluding carboxylic acids is 1. The predicted octanol–water partition coefficient (Wildman–Crippen LogP) is 3.95. The van der Waals surface area contributed by atoms with Gasteiger partial charge in [0, 0.05) is 16.2 Å². The summed E-state index contributed by atoms with van der Waals surface area (Å²) in [5.74, 6) is -0.383. The highest BCUT2D eigenvalue weighted by atomic mass is 79.9. The van der Waals surface area contributed by atoms with E-state index in [0.29, 0.717) is 10.6 Å². The molecule has 0 aliphatic carbocycles. The summed E-state index contributed by atoms with van der Waals surface area (Å²) in [6.07, 6.45) is 1.57. The molecular formula is C13H9BrClNO2. The van der Waals surface area contributed by atoms with E-state index in [0.717, 1.165) is 15.7 Å². The number of halogens is 2. The summed E-state index contributed by atoms with van der Waals surface area (Å²) in [7, 11) is 1.35. The number of esters is 1. The minimum atomic E-state index is -0.383. The molecule has 5 heteroatoms. The molecule has 0 bridgehead atoms. The summed E-state index contributed by atoms with van der Waals surface area (Å²) in [5.41, 5.74) is 2.03. The van der Waals surface area contributed by atoms with Gasteiger partial charge in [-0.05, 0) is 30.3 Å². The molecule has 0 aliphatic heterocycles. The predicted molar refractivity (Wildman–Crippen MR) is 73.7 cm³/mol. The molecule has 1 aromatic heterocycles. The number of methoxy groups -OCH3 is 1. The molecule has 2 rings (SSSR count). The van der Waals surface area contributed by atoms with E-state index in [-0.39, 0.29) is 5.97 Å². The lowest BCUT2D eigenvalue weighted by Crippen LogP contribution is -2.01. The van der Waals surface area contributed by atoms with Gasteiger partial charge in [0.25, 0.3) is 0 Å². The highest BCUT2D eigenvalue weighted by Crippen LogP contribution is 2.24. The minimum absolute atomic E-state index is 0.383. The third-order valence-corrected chi connectivity index (χ3v) is 3.02. The Hall–Kier alpha value is -1.39. The van der Waals surface area contributed by atoms with Crippen molar-refractivity contribution < 1.29 is 9.53 Å². The van der Waals surface area contributed by atoms with Crippen LogP contribution in [-0.2, 0) is 4.74 Å². The van der Waals surface area contributed by atoms with Crippen LogP contribution in [0.2, 0.25) is 5.02 Å². The van der Waals surface area contributed by atoms with Gasteiger partial charge in [-0.25, -0.2) is 4.79 Å². The Morgan fingerprint density at radius 2 is 2.11 bits per heavy atom. The van der Waals surface area contributed by atoms with Gasteiger partial charge in [0.15, 0.2) is 0 Å². The zero-order valence-corrected chi connectivity index (χ0v) is 11.8. The molecule has 3 nitrogen and oxygen atoms in total. The normalized spacial score (nSPS) is 10.2. The third-order valence-electron chi connectivity index (χ3n) is 2.34. The second-order valence-electron chi connectivity index (χ2n) is 3.58. The fraction of sp³-hybridized carbons (Fsp3) is 0.0769. The van der Waals surface area contributed by atoms with Crippen LogP contribution in [-0.4, -0.2) is 18.1 Å². The van der Waals surface area contributed by atoms with Gasteiger partial charge in [-0.2, -0.15) is 0 Å². The summed E-state index contributed by atoms with van der Waals surface area (Å²) < 4.78 is 5.49. The van der Waals surface area contributed by atoms with Crippen LogP contribution in [0.25, 0.3) is 11.3 Å². The van der Waals surface area contributed by atoms with Gasteiger partial charge in [-0.15, -0.1) is 0 Å². The standard InChI is InChI=1S/C13H9BrClNO2/c1-18-13(17)9-4-8(5-10(14)6-9)12-3-2-11(15)7-16-12/h2-7H,1H3. The fourth-order valence-electron chi connectivity index (χ4n) is 1.52. The summed E-state index contributed by atoms with van der Waals surface area (Å²) in [6, 6.07) is 8.86. The van der Waals surface area contributed by atoms with Crippen LogP contribution < -0.4 is 0 Å². The van der Waals surface area contributed by atoms with Crippen molar-refractivity contribution in [1.29, 1.82) is 0 Å². The first-order chi connectivity index (χ1) is 8.60. The molecule has 0 radical (unpaired) electrons. The van der Waals surface area contributed by atoms with Gasteiger partial charge in [0.2, 0.25) is 0 Å². The van der Waals surface area contributed by atoms with Crippen molar-refractivity contribution in [1.82, 2.24) is 4.98 Å². The lowest BCUT2D eigenvalue weighted by atomic mass is 10.1. The van der Waals surface area contributed by atoms with Crippen molar-refractivity contribution in [3.8, 4) is 11.3 Å². The largest absolute Gasteiger partial charge is 0.465 e. The van der Waals surface area contributed by atoms with E-state index in [4.69, 9.17) is 16.3 Å². The second kappa shape index (κ2) is 5.50. The molecule has 0 unspecified atom stereocenters. The highest BCUT2D eigenvalue weighted by Gasteiger charge is 2.09. The number of nitrogens with zero attached hydrogens (tertiary/aromatic N) is 1. The monoisotopic (exact) mass is 325 g/mol. The Kier molecular flexibility index (Phi) is 3.99.